The third-order valence-corrected chi connectivity index (χ3v) is 4.62. The van der Waals surface area contributed by atoms with Crippen LogP contribution in [0.4, 0.5) is 0 Å². The number of carbonyl (C=O) groups is 1. The summed E-state index contributed by atoms with van der Waals surface area (Å²) in [6, 6.07) is 18.6. The number of amides is 1. The van der Waals surface area contributed by atoms with Crippen molar-refractivity contribution in [2.24, 2.45) is 0 Å². The van der Waals surface area contributed by atoms with Crippen molar-refractivity contribution in [2.45, 2.75) is 11.7 Å². The minimum Gasteiger partial charge on any atom is -0.311 e. The van der Waals surface area contributed by atoms with Gasteiger partial charge in [-0.25, -0.2) is 0 Å². The van der Waals surface area contributed by atoms with E-state index in [1.807, 2.05) is 18.2 Å². The highest BCUT2D eigenvalue weighted by Crippen LogP contribution is 2.25. The van der Waals surface area contributed by atoms with E-state index in [1.165, 1.54) is 22.9 Å². The first-order valence-corrected chi connectivity index (χ1v) is 7.67. The Hall–Kier alpha value is -1.65. The number of thioether (sulfide) groups is 1. The van der Waals surface area contributed by atoms with Gasteiger partial charge in [-0.1, -0.05) is 78.6 Å². The number of thiocarbonyl (C=S) groups is 1. The Morgan fingerprint density at radius 3 is 2.25 bits per heavy atom. The molecule has 1 atom stereocenters. The second-order valence-corrected chi connectivity index (χ2v) is 6.53. The van der Waals surface area contributed by atoms with Gasteiger partial charge >= 0.3 is 0 Å². The molecule has 0 spiro atoms. The summed E-state index contributed by atoms with van der Waals surface area (Å²) < 4.78 is 0.584. The molecule has 0 saturated carbocycles. The van der Waals surface area contributed by atoms with Gasteiger partial charge in [0.15, 0.2) is 0 Å². The Labute approximate surface area is 127 Å². The van der Waals surface area contributed by atoms with E-state index >= 15 is 0 Å². The molecule has 1 saturated heterocycles. The fourth-order valence-electron chi connectivity index (χ4n) is 2.21. The lowest BCUT2D eigenvalue weighted by Gasteiger charge is -2.07. The highest BCUT2D eigenvalue weighted by atomic mass is 32.2. The predicted octanol–water partition coefficient (Wildman–Crippen LogP) is 3.41. The summed E-state index contributed by atoms with van der Waals surface area (Å²) in [5, 5.41) is 2.59. The number of rotatable bonds is 3. The van der Waals surface area contributed by atoms with Gasteiger partial charge in [0.1, 0.15) is 4.32 Å². The zero-order valence-corrected chi connectivity index (χ0v) is 12.3. The van der Waals surface area contributed by atoms with Crippen LogP contribution in [0, 0.1) is 0 Å². The summed E-state index contributed by atoms with van der Waals surface area (Å²) in [6.07, 6.45) is 0.714. The van der Waals surface area contributed by atoms with Crippen LogP contribution in [0.15, 0.2) is 54.6 Å². The maximum absolute atomic E-state index is 11.7. The number of hydrogen-bond donors (Lipinski definition) is 1. The molecule has 20 heavy (non-hydrogen) atoms. The first-order valence-electron chi connectivity index (χ1n) is 6.38. The Morgan fingerprint density at radius 2 is 1.65 bits per heavy atom. The molecule has 1 unspecified atom stereocenters. The van der Waals surface area contributed by atoms with E-state index in [9.17, 15) is 4.79 Å². The molecule has 3 rings (SSSR count). The minimum atomic E-state index is -0.0925. The summed E-state index contributed by atoms with van der Waals surface area (Å²) in [7, 11) is 0. The van der Waals surface area contributed by atoms with Crippen LogP contribution in [-0.4, -0.2) is 15.5 Å². The normalized spacial score (nSPS) is 18.1. The maximum atomic E-state index is 11.7. The molecular formula is C16H13NOS2. The Kier molecular flexibility index (Phi) is 3.85. The Morgan fingerprint density at radius 1 is 1.00 bits per heavy atom. The van der Waals surface area contributed by atoms with Crippen molar-refractivity contribution >= 4 is 34.2 Å². The van der Waals surface area contributed by atoms with Crippen molar-refractivity contribution in [2.75, 3.05) is 0 Å². The highest BCUT2D eigenvalue weighted by Gasteiger charge is 2.28. The number of benzene rings is 2. The monoisotopic (exact) mass is 299 g/mol. The topological polar surface area (TPSA) is 29.1 Å². The van der Waals surface area contributed by atoms with E-state index < -0.39 is 0 Å². The predicted molar refractivity (Wildman–Crippen MR) is 87.7 cm³/mol. The SMILES string of the molecule is O=C1NC(=S)SC1Cc1ccc(-c2ccccc2)cc1. The molecule has 2 nitrogen and oxygen atoms in total. The molecular weight excluding hydrogens is 286 g/mol. The van der Waals surface area contributed by atoms with Crippen LogP contribution in [0.1, 0.15) is 5.56 Å². The average Bonchev–Trinajstić information content (AvgIpc) is 2.79. The van der Waals surface area contributed by atoms with Gasteiger partial charge in [0.25, 0.3) is 0 Å². The van der Waals surface area contributed by atoms with Crippen LogP contribution in [0.25, 0.3) is 11.1 Å². The zero-order chi connectivity index (χ0) is 13.9. The number of hydrogen-bond acceptors (Lipinski definition) is 3. The quantitative estimate of drug-likeness (QED) is 0.881. The minimum absolute atomic E-state index is 0.0205. The summed E-state index contributed by atoms with van der Waals surface area (Å²) in [5.41, 5.74) is 3.55. The third kappa shape index (κ3) is 2.92. The summed E-state index contributed by atoms with van der Waals surface area (Å²) in [6.45, 7) is 0. The summed E-state index contributed by atoms with van der Waals surface area (Å²) >= 11 is 6.44. The fourth-order valence-corrected chi connectivity index (χ4v) is 3.51. The molecule has 1 amide bonds. The van der Waals surface area contributed by atoms with Crippen molar-refractivity contribution in [3.8, 4) is 11.1 Å². The molecule has 0 aliphatic carbocycles. The smallest absolute Gasteiger partial charge is 0.239 e. The second kappa shape index (κ2) is 5.77. The molecule has 4 heteroatoms. The first kappa shape index (κ1) is 13.3. The molecule has 1 aliphatic heterocycles. The van der Waals surface area contributed by atoms with Gasteiger partial charge in [-0.15, -0.1) is 0 Å². The molecule has 1 fully saturated rings. The van der Waals surface area contributed by atoms with Gasteiger partial charge in [-0.2, -0.15) is 0 Å². The molecule has 1 aliphatic rings. The van der Waals surface area contributed by atoms with Crippen molar-refractivity contribution in [3.63, 3.8) is 0 Å². The second-order valence-electron chi connectivity index (χ2n) is 4.65. The van der Waals surface area contributed by atoms with Gasteiger partial charge in [0, 0.05) is 0 Å². The molecule has 0 bridgehead atoms. The average molecular weight is 299 g/mol. The van der Waals surface area contributed by atoms with E-state index in [0.717, 1.165) is 5.56 Å². The van der Waals surface area contributed by atoms with Gasteiger partial charge < -0.3 is 5.32 Å². The first-order chi connectivity index (χ1) is 9.72. The largest absolute Gasteiger partial charge is 0.311 e. The van der Waals surface area contributed by atoms with E-state index in [2.05, 4.69) is 41.7 Å². The van der Waals surface area contributed by atoms with Crippen LogP contribution < -0.4 is 5.32 Å². The number of nitrogens with one attached hydrogen (secondary N) is 1. The van der Waals surface area contributed by atoms with Crippen LogP contribution in [0.5, 0.6) is 0 Å². The standard InChI is InChI=1S/C16H13NOS2/c18-15-14(20-16(19)17-15)10-11-6-8-13(9-7-11)12-4-2-1-3-5-12/h1-9,14H,10H2,(H,17,18,19). The Bertz CT molecular complexity index is 637. The lowest BCUT2D eigenvalue weighted by atomic mass is 10.0. The van der Waals surface area contributed by atoms with Crippen LogP contribution >= 0.6 is 24.0 Å². The van der Waals surface area contributed by atoms with Gasteiger partial charge in [-0.3, -0.25) is 4.79 Å². The van der Waals surface area contributed by atoms with Crippen LogP contribution in [0.3, 0.4) is 0 Å². The molecule has 2 aromatic rings. The van der Waals surface area contributed by atoms with Crippen molar-refractivity contribution < 1.29 is 4.79 Å². The van der Waals surface area contributed by atoms with Gasteiger partial charge in [0.2, 0.25) is 5.91 Å². The third-order valence-electron chi connectivity index (χ3n) is 3.25. The van der Waals surface area contributed by atoms with Gasteiger partial charge in [0.05, 0.1) is 5.25 Å². The van der Waals surface area contributed by atoms with Crippen molar-refractivity contribution in [1.82, 2.24) is 5.32 Å². The zero-order valence-electron chi connectivity index (χ0n) is 10.7. The van der Waals surface area contributed by atoms with E-state index in [4.69, 9.17) is 12.2 Å². The van der Waals surface area contributed by atoms with Crippen molar-refractivity contribution in [1.29, 1.82) is 0 Å². The summed E-state index contributed by atoms with van der Waals surface area (Å²) in [4.78, 5) is 11.7. The molecule has 0 radical (unpaired) electrons. The molecule has 0 aromatic heterocycles. The van der Waals surface area contributed by atoms with Gasteiger partial charge in [-0.05, 0) is 23.1 Å². The fraction of sp³-hybridized carbons (Fsp3) is 0.125. The van der Waals surface area contributed by atoms with Crippen LogP contribution in [-0.2, 0) is 11.2 Å². The van der Waals surface area contributed by atoms with E-state index in [0.29, 0.717) is 10.7 Å². The Balaban J connectivity index is 1.74. The van der Waals surface area contributed by atoms with Crippen molar-refractivity contribution in [3.05, 3.63) is 60.2 Å². The lowest BCUT2D eigenvalue weighted by Crippen LogP contribution is -2.25. The molecule has 2 aromatic carbocycles. The van der Waals surface area contributed by atoms with Crippen LogP contribution in [0.2, 0.25) is 0 Å². The molecule has 100 valence electrons. The van der Waals surface area contributed by atoms with E-state index in [-0.39, 0.29) is 11.2 Å². The highest BCUT2D eigenvalue weighted by molar-refractivity contribution is 8.24. The summed E-state index contributed by atoms with van der Waals surface area (Å²) in [5.74, 6) is 0.0205. The maximum Gasteiger partial charge on any atom is 0.239 e. The lowest BCUT2D eigenvalue weighted by molar-refractivity contribution is -0.118. The van der Waals surface area contributed by atoms with E-state index in [1.54, 1.807) is 0 Å². The molecule has 1 heterocycles. The molecule has 1 N–H and O–H groups in total. The number of carbonyl (C=O) groups excluding carboxylic acids is 1.